The average Bonchev–Trinajstić information content (AvgIpc) is 3.09. The number of fused-ring (bicyclic) bond motifs is 1. The molecule has 0 atom stereocenters. The lowest BCUT2D eigenvalue weighted by atomic mass is 10.1. The van der Waals surface area contributed by atoms with Crippen molar-refractivity contribution >= 4 is 11.9 Å². The van der Waals surface area contributed by atoms with Gasteiger partial charge in [-0.1, -0.05) is 18.2 Å². The van der Waals surface area contributed by atoms with E-state index in [2.05, 4.69) is 20.4 Å². The van der Waals surface area contributed by atoms with Gasteiger partial charge in [0.25, 0.3) is 5.91 Å². The lowest BCUT2D eigenvalue weighted by Crippen LogP contribution is -2.28. The molecular formula is C23H24FN5O3. The Morgan fingerprint density at radius 3 is 2.62 bits per heavy atom. The predicted octanol–water partition coefficient (Wildman–Crippen LogP) is 2.19. The van der Waals surface area contributed by atoms with Crippen molar-refractivity contribution in [1.29, 1.82) is 0 Å². The molecule has 0 bridgehead atoms. The molecule has 2 heterocycles. The lowest BCUT2D eigenvalue weighted by molar-refractivity contribution is 0.0600. The molecule has 3 aromatic rings. The molecule has 0 aliphatic carbocycles. The van der Waals surface area contributed by atoms with Gasteiger partial charge in [0.2, 0.25) is 0 Å². The van der Waals surface area contributed by atoms with Gasteiger partial charge < -0.3 is 14.6 Å². The Bertz CT molecular complexity index is 1110. The van der Waals surface area contributed by atoms with Crippen LogP contribution in [0.15, 0.2) is 48.5 Å². The Balaban J connectivity index is 1.35. The van der Waals surface area contributed by atoms with Crippen LogP contribution < -0.4 is 5.32 Å². The molecule has 0 fully saturated rings. The molecule has 0 saturated carbocycles. The Labute approximate surface area is 185 Å². The number of methoxy groups -OCH3 is 1. The third-order valence-corrected chi connectivity index (χ3v) is 5.47. The van der Waals surface area contributed by atoms with Crippen molar-refractivity contribution in [2.45, 2.75) is 26.1 Å². The van der Waals surface area contributed by atoms with E-state index in [9.17, 15) is 14.0 Å². The lowest BCUT2D eigenvalue weighted by Gasteiger charge is -2.19. The summed E-state index contributed by atoms with van der Waals surface area (Å²) in [5.74, 6) is 0.403. The van der Waals surface area contributed by atoms with Crippen LogP contribution in [0.5, 0.6) is 0 Å². The van der Waals surface area contributed by atoms with Gasteiger partial charge in [0.1, 0.15) is 11.6 Å². The highest BCUT2D eigenvalue weighted by molar-refractivity contribution is 5.94. The minimum atomic E-state index is -0.450. The molecule has 0 spiro atoms. The number of nitrogens with one attached hydrogen (secondary N) is 1. The molecule has 32 heavy (non-hydrogen) atoms. The third kappa shape index (κ3) is 5.00. The Morgan fingerprint density at radius 2 is 1.88 bits per heavy atom. The SMILES string of the molecule is COC(=O)c1ccc(CN2CCc3nnc(CNC(=O)c4cccc(F)c4)n3CC2)cc1. The van der Waals surface area contributed by atoms with Gasteiger partial charge in [-0.2, -0.15) is 0 Å². The number of nitrogens with zero attached hydrogens (tertiary/aromatic N) is 4. The van der Waals surface area contributed by atoms with E-state index in [0.29, 0.717) is 17.9 Å². The van der Waals surface area contributed by atoms with Gasteiger partial charge in [0, 0.05) is 38.2 Å². The molecule has 8 nitrogen and oxygen atoms in total. The number of carbonyl (C=O) groups excluding carboxylic acids is 2. The second kappa shape index (κ2) is 9.69. The molecule has 0 saturated heterocycles. The number of hydrogen-bond acceptors (Lipinski definition) is 6. The fourth-order valence-corrected chi connectivity index (χ4v) is 3.73. The highest BCUT2D eigenvalue weighted by Crippen LogP contribution is 2.14. The first-order valence-electron chi connectivity index (χ1n) is 10.4. The normalized spacial score (nSPS) is 13.8. The van der Waals surface area contributed by atoms with Crippen LogP contribution in [0.1, 0.15) is 37.9 Å². The van der Waals surface area contributed by atoms with Crippen molar-refractivity contribution < 1.29 is 18.7 Å². The molecule has 2 aromatic carbocycles. The average molecular weight is 437 g/mol. The van der Waals surface area contributed by atoms with Crippen molar-refractivity contribution in [3.05, 3.63) is 82.7 Å². The molecule has 1 aliphatic heterocycles. The second-order valence-electron chi connectivity index (χ2n) is 7.59. The minimum Gasteiger partial charge on any atom is -0.465 e. The minimum absolute atomic E-state index is 0.220. The summed E-state index contributed by atoms with van der Waals surface area (Å²) >= 11 is 0. The van der Waals surface area contributed by atoms with Gasteiger partial charge in [0.05, 0.1) is 19.2 Å². The van der Waals surface area contributed by atoms with E-state index in [-0.39, 0.29) is 24.0 Å². The number of rotatable bonds is 6. The summed E-state index contributed by atoms with van der Waals surface area (Å²) in [6.07, 6.45) is 0.741. The quantitative estimate of drug-likeness (QED) is 0.595. The number of esters is 1. The first kappa shape index (κ1) is 21.6. The molecule has 0 unspecified atom stereocenters. The predicted molar refractivity (Wildman–Crippen MR) is 114 cm³/mol. The van der Waals surface area contributed by atoms with Gasteiger partial charge in [-0.3, -0.25) is 9.69 Å². The Kier molecular flexibility index (Phi) is 6.55. The first-order valence-corrected chi connectivity index (χ1v) is 10.4. The molecular weight excluding hydrogens is 413 g/mol. The maximum absolute atomic E-state index is 13.3. The molecule has 0 radical (unpaired) electrons. The van der Waals surface area contributed by atoms with Crippen LogP contribution in [0.4, 0.5) is 4.39 Å². The van der Waals surface area contributed by atoms with Crippen LogP contribution in [0, 0.1) is 5.82 Å². The van der Waals surface area contributed by atoms with Crippen molar-refractivity contribution in [1.82, 2.24) is 25.0 Å². The van der Waals surface area contributed by atoms with Crippen molar-refractivity contribution in [2.24, 2.45) is 0 Å². The maximum Gasteiger partial charge on any atom is 0.337 e. The number of carbonyl (C=O) groups is 2. The third-order valence-electron chi connectivity index (χ3n) is 5.47. The molecule has 1 N–H and O–H groups in total. The highest BCUT2D eigenvalue weighted by Gasteiger charge is 2.19. The van der Waals surface area contributed by atoms with Crippen molar-refractivity contribution in [2.75, 3.05) is 20.2 Å². The van der Waals surface area contributed by atoms with E-state index >= 15 is 0 Å². The number of aromatic nitrogens is 3. The van der Waals surface area contributed by atoms with Gasteiger partial charge >= 0.3 is 5.97 Å². The van der Waals surface area contributed by atoms with Crippen LogP contribution in [0.25, 0.3) is 0 Å². The fraction of sp³-hybridized carbons (Fsp3) is 0.304. The zero-order chi connectivity index (χ0) is 22.5. The summed E-state index contributed by atoms with van der Waals surface area (Å²) in [6, 6.07) is 13.0. The summed E-state index contributed by atoms with van der Waals surface area (Å²) in [4.78, 5) is 26.2. The monoisotopic (exact) mass is 437 g/mol. The Morgan fingerprint density at radius 1 is 1.06 bits per heavy atom. The smallest absolute Gasteiger partial charge is 0.337 e. The van der Waals surface area contributed by atoms with Gasteiger partial charge in [-0.25, -0.2) is 9.18 Å². The van der Waals surface area contributed by atoms with Crippen LogP contribution in [0.2, 0.25) is 0 Å². The standard InChI is InChI=1S/C23H24FN5O3/c1-32-23(31)17-7-5-16(6-8-17)15-28-10-9-20-26-27-21(29(20)12-11-28)14-25-22(30)18-3-2-4-19(24)13-18/h2-8,13H,9-12,14-15H2,1H3,(H,25,30). The number of halogens is 1. The molecule has 1 aromatic heterocycles. The summed E-state index contributed by atoms with van der Waals surface area (Å²) in [5, 5.41) is 11.3. The molecule has 1 amide bonds. The van der Waals surface area contributed by atoms with Crippen LogP contribution >= 0.6 is 0 Å². The van der Waals surface area contributed by atoms with Crippen LogP contribution in [-0.2, 0) is 30.8 Å². The number of benzene rings is 2. The largest absolute Gasteiger partial charge is 0.465 e. The van der Waals surface area contributed by atoms with E-state index < -0.39 is 5.82 Å². The Hall–Kier alpha value is -3.59. The van der Waals surface area contributed by atoms with Crippen molar-refractivity contribution in [3.8, 4) is 0 Å². The van der Waals surface area contributed by atoms with Gasteiger partial charge in [-0.15, -0.1) is 10.2 Å². The molecule has 4 rings (SSSR count). The summed E-state index contributed by atoms with van der Waals surface area (Å²) in [6.45, 7) is 3.30. The zero-order valence-corrected chi connectivity index (χ0v) is 17.8. The van der Waals surface area contributed by atoms with Crippen LogP contribution in [-0.4, -0.2) is 51.7 Å². The number of ether oxygens (including phenoxy) is 1. The van der Waals surface area contributed by atoms with E-state index in [0.717, 1.165) is 37.4 Å². The molecule has 166 valence electrons. The molecule has 9 heteroatoms. The van der Waals surface area contributed by atoms with E-state index in [1.807, 2.05) is 16.7 Å². The maximum atomic E-state index is 13.3. The molecule has 1 aliphatic rings. The summed E-state index contributed by atoms with van der Waals surface area (Å²) in [5.41, 5.74) is 1.91. The number of amides is 1. The first-order chi connectivity index (χ1) is 15.5. The van der Waals surface area contributed by atoms with Gasteiger partial charge in [-0.05, 0) is 35.9 Å². The van der Waals surface area contributed by atoms with Crippen LogP contribution in [0.3, 0.4) is 0 Å². The topological polar surface area (TPSA) is 89.3 Å². The van der Waals surface area contributed by atoms with E-state index in [1.54, 1.807) is 18.2 Å². The second-order valence-corrected chi connectivity index (χ2v) is 7.59. The van der Waals surface area contributed by atoms with E-state index in [4.69, 9.17) is 4.74 Å². The highest BCUT2D eigenvalue weighted by atomic mass is 19.1. The fourth-order valence-electron chi connectivity index (χ4n) is 3.73. The van der Waals surface area contributed by atoms with E-state index in [1.165, 1.54) is 25.3 Å². The van der Waals surface area contributed by atoms with Crippen molar-refractivity contribution in [3.63, 3.8) is 0 Å². The summed E-state index contributed by atoms with van der Waals surface area (Å²) < 4.78 is 20.1. The number of hydrogen-bond donors (Lipinski definition) is 1. The van der Waals surface area contributed by atoms with Gasteiger partial charge in [0.15, 0.2) is 5.82 Å². The zero-order valence-electron chi connectivity index (χ0n) is 17.8. The summed E-state index contributed by atoms with van der Waals surface area (Å²) in [7, 11) is 1.37.